The molecule has 0 saturated carbocycles. The first-order chi connectivity index (χ1) is 14.5. The molecule has 1 aliphatic rings. The largest absolute Gasteiger partial charge is 0.462 e. The Morgan fingerprint density at radius 1 is 1.17 bits per heavy atom. The van der Waals surface area contributed by atoms with E-state index in [2.05, 4.69) is 5.32 Å². The van der Waals surface area contributed by atoms with Crippen LogP contribution in [0.1, 0.15) is 63.6 Å². The molecule has 156 valence electrons. The fourth-order valence-corrected chi connectivity index (χ4v) is 5.05. The molecule has 0 unspecified atom stereocenters. The van der Waals surface area contributed by atoms with E-state index in [1.165, 1.54) is 17.4 Å². The van der Waals surface area contributed by atoms with E-state index in [1.807, 2.05) is 13.0 Å². The van der Waals surface area contributed by atoms with Gasteiger partial charge in [-0.15, -0.1) is 11.3 Å². The number of ether oxygens (including phenoxy) is 1. The molecule has 0 saturated heterocycles. The van der Waals surface area contributed by atoms with Crippen LogP contribution in [0.15, 0.2) is 33.5 Å². The highest BCUT2D eigenvalue weighted by Gasteiger charge is 2.28. The van der Waals surface area contributed by atoms with Gasteiger partial charge in [0.05, 0.1) is 17.6 Å². The normalized spacial score (nSPS) is 13.1. The standard InChI is InChI=1S/C23H23NO5S/c1-3-13-9-10-17-15(11-13)16(25)12-18(29-17)21(26)24-22-20(23(27)28-4-2)14-7-5-6-8-19(14)30-22/h9-12H,3-8H2,1-2H3,(H,24,26). The van der Waals surface area contributed by atoms with E-state index >= 15 is 0 Å². The third-order valence-corrected chi connectivity index (χ3v) is 6.51. The maximum Gasteiger partial charge on any atom is 0.341 e. The van der Waals surface area contributed by atoms with Crippen LogP contribution in [0.2, 0.25) is 0 Å². The van der Waals surface area contributed by atoms with Crippen molar-refractivity contribution in [3.8, 4) is 0 Å². The molecule has 4 rings (SSSR count). The van der Waals surface area contributed by atoms with E-state index in [9.17, 15) is 14.4 Å². The zero-order chi connectivity index (χ0) is 21.3. The Balaban J connectivity index is 1.69. The predicted octanol–water partition coefficient (Wildman–Crippen LogP) is 4.72. The number of amides is 1. The maximum atomic E-state index is 12.9. The van der Waals surface area contributed by atoms with Crippen molar-refractivity contribution >= 4 is 39.2 Å². The molecule has 1 aliphatic carbocycles. The average molecular weight is 426 g/mol. The van der Waals surface area contributed by atoms with E-state index in [0.717, 1.165) is 48.1 Å². The summed E-state index contributed by atoms with van der Waals surface area (Å²) in [6, 6.07) is 6.57. The van der Waals surface area contributed by atoms with Gasteiger partial charge in [-0.05, 0) is 62.3 Å². The molecule has 0 radical (unpaired) electrons. The number of hydrogen-bond acceptors (Lipinski definition) is 6. The van der Waals surface area contributed by atoms with Gasteiger partial charge in [0.25, 0.3) is 5.91 Å². The number of carbonyl (C=O) groups excluding carboxylic acids is 2. The van der Waals surface area contributed by atoms with Crippen LogP contribution >= 0.6 is 11.3 Å². The number of hydrogen-bond donors (Lipinski definition) is 1. The molecule has 1 N–H and O–H groups in total. The lowest BCUT2D eigenvalue weighted by molar-refractivity contribution is 0.0526. The lowest BCUT2D eigenvalue weighted by Gasteiger charge is -2.12. The second kappa shape index (κ2) is 8.44. The number of aryl methyl sites for hydroxylation is 2. The van der Waals surface area contributed by atoms with Crippen LogP contribution in [-0.4, -0.2) is 18.5 Å². The fourth-order valence-electron chi connectivity index (χ4n) is 3.77. The Morgan fingerprint density at radius 3 is 2.73 bits per heavy atom. The van der Waals surface area contributed by atoms with Crippen molar-refractivity contribution < 1.29 is 18.7 Å². The minimum absolute atomic E-state index is 0.0853. The lowest BCUT2D eigenvalue weighted by atomic mass is 9.95. The van der Waals surface area contributed by atoms with Crippen molar-refractivity contribution in [1.82, 2.24) is 0 Å². The monoisotopic (exact) mass is 425 g/mol. The Kier molecular flexibility index (Phi) is 5.72. The summed E-state index contributed by atoms with van der Waals surface area (Å²) in [4.78, 5) is 39.1. The Morgan fingerprint density at radius 2 is 1.97 bits per heavy atom. The molecule has 0 fully saturated rings. The minimum Gasteiger partial charge on any atom is -0.462 e. The van der Waals surface area contributed by atoms with Gasteiger partial charge in [-0.3, -0.25) is 9.59 Å². The molecule has 0 atom stereocenters. The molecule has 3 aromatic rings. The van der Waals surface area contributed by atoms with Gasteiger partial charge in [0.2, 0.25) is 0 Å². The van der Waals surface area contributed by atoms with Gasteiger partial charge in [-0.2, -0.15) is 0 Å². The molecule has 7 heteroatoms. The number of rotatable bonds is 5. The van der Waals surface area contributed by atoms with Crippen molar-refractivity contribution in [3.05, 3.63) is 61.8 Å². The second-order valence-corrected chi connectivity index (χ2v) is 8.35. The minimum atomic E-state index is -0.558. The Hall–Kier alpha value is -2.93. The van der Waals surface area contributed by atoms with Crippen molar-refractivity contribution in [3.63, 3.8) is 0 Å². The van der Waals surface area contributed by atoms with E-state index in [4.69, 9.17) is 9.15 Å². The van der Waals surface area contributed by atoms with Gasteiger partial charge in [-0.25, -0.2) is 4.79 Å². The second-order valence-electron chi connectivity index (χ2n) is 7.25. The van der Waals surface area contributed by atoms with Crippen LogP contribution in [0.25, 0.3) is 11.0 Å². The van der Waals surface area contributed by atoms with Gasteiger partial charge < -0.3 is 14.5 Å². The average Bonchev–Trinajstić information content (AvgIpc) is 3.11. The van der Waals surface area contributed by atoms with Gasteiger partial charge in [0.15, 0.2) is 11.2 Å². The Bertz CT molecular complexity index is 1190. The highest BCUT2D eigenvalue weighted by Crippen LogP contribution is 2.38. The molecular formula is C23H23NO5S. The summed E-state index contributed by atoms with van der Waals surface area (Å²) < 4.78 is 10.9. The van der Waals surface area contributed by atoms with E-state index in [-0.39, 0.29) is 17.8 Å². The summed E-state index contributed by atoms with van der Waals surface area (Å²) in [7, 11) is 0. The molecule has 30 heavy (non-hydrogen) atoms. The molecule has 0 aliphatic heterocycles. The number of thiophene rings is 1. The molecule has 0 spiro atoms. The molecular weight excluding hydrogens is 402 g/mol. The van der Waals surface area contributed by atoms with Crippen LogP contribution in [0.4, 0.5) is 5.00 Å². The summed E-state index contributed by atoms with van der Waals surface area (Å²) in [5.41, 5.74) is 2.51. The molecule has 1 amide bonds. The third kappa shape index (κ3) is 3.77. The molecule has 1 aromatic carbocycles. The smallest absolute Gasteiger partial charge is 0.341 e. The number of anilines is 1. The molecule has 6 nitrogen and oxygen atoms in total. The third-order valence-electron chi connectivity index (χ3n) is 5.30. The highest BCUT2D eigenvalue weighted by molar-refractivity contribution is 7.17. The predicted molar refractivity (Wildman–Crippen MR) is 117 cm³/mol. The number of fused-ring (bicyclic) bond motifs is 2. The summed E-state index contributed by atoms with van der Waals surface area (Å²) in [5.74, 6) is -1.07. The molecule has 2 heterocycles. The van der Waals surface area contributed by atoms with Gasteiger partial charge in [-0.1, -0.05) is 13.0 Å². The SMILES string of the molecule is CCOC(=O)c1c(NC(=O)c2cc(=O)c3cc(CC)ccc3o2)sc2c1CCCC2. The van der Waals surface area contributed by atoms with Crippen molar-refractivity contribution in [2.45, 2.75) is 46.0 Å². The summed E-state index contributed by atoms with van der Waals surface area (Å²) in [6.45, 7) is 4.02. The first-order valence-corrected chi connectivity index (χ1v) is 11.0. The van der Waals surface area contributed by atoms with E-state index < -0.39 is 11.9 Å². The van der Waals surface area contributed by atoms with Gasteiger partial charge >= 0.3 is 5.97 Å². The van der Waals surface area contributed by atoms with Crippen LogP contribution < -0.4 is 10.7 Å². The zero-order valence-corrected chi connectivity index (χ0v) is 17.8. The lowest BCUT2D eigenvalue weighted by Crippen LogP contribution is -2.17. The van der Waals surface area contributed by atoms with Crippen LogP contribution in [0.3, 0.4) is 0 Å². The van der Waals surface area contributed by atoms with Crippen molar-refractivity contribution in [1.29, 1.82) is 0 Å². The number of benzene rings is 1. The zero-order valence-electron chi connectivity index (χ0n) is 17.0. The number of esters is 1. The quantitative estimate of drug-likeness (QED) is 0.598. The van der Waals surface area contributed by atoms with Crippen LogP contribution in [0, 0.1) is 0 Å². The highest BCUT2D eigenvalue weighted by atomic mass is 32.1. The van der Waals surface area contributed by atoms with Crippen LogP contribution in [-0.2, 0) is 24.0 Å². The molecule has 0 bridgehead atoms. The van der Waals surface area contributed by atoms with Crippen molar-refractivity contribution in [2.75, 3.05) is 11.9 Å². The topological polar surface area (TPSA) is 85.6 Å². The summed E-state index contributed by atoms with van der Waals surface area (Å²) in [5, 5.41) is 3.69. The van der Waals surface area contributed by atoms with Crippen LogP contribution in [0.5, 0.6) is 0 Å². The number of nitrogens with one attached hydrogen (secondary N) is 1. The van der Waals surface area contributed by atoms with E-state index in [0.29, 0.717) is 21.5 Å². The molecule has 2 aromatic heterocycles. The fraction of sp³-hybridized carbons (Fsp3) is 0.348. The maximum absolute atomic E-state index is 12.9. The van der Waals surface area contributed by atoms with Gasteiger partial charge in [0.1, 0.15) is 10.6 Å². The number of carbonyl (C=O) groups is 2. The Labute approximate surface area is 177 Å². The van der Waals surface area contributed by atoms with Crippen molar-refractivity contribution in [2.24, 2.45) is 0 Å². The summed E-state index contributed by atoms with van der Waals surface area (Å²) in [6.07, 6.45) is 4.54. The van der Waals surface area contributed by atoms with Gasteiger partial charge in [0, 0.05) is 10.9 Å². The van der Waals surface area contributed by atoms with E-state index in [1.54, 1.807) is 19.1 Å². The first-order valence-electron chi connectivity index (χ1n) is 10.2. The summed E-state index contributed by atoms with van der Waals surface area (Å²) >= 11 is 1.40. The first kappa shape index (κ1) is 20.3.